The van der Waals surface area contributed by atoms with E-state index in [1.807, 2.05) is 0 Å². The van der Waals surface area contributed by atoms with Gasteiger partial charge < -0.3 is 9.88 Å². The maximum Gasteiger partial charge on any atom is 0.253 e. The topological polar surface area (TPSA) is 74.9 Å². The van der Waals surface area contributed by atoms with Crippen molar-refractivity contribution in [2.75, 3.05) is 5.32 Å². The number of pyridine rings is 1. The highest BCUT2D eigenvalue weighted by molar-refractivity contribution is 9.10. The van der Waals surface area contributed by atoms with Crippen LogP contribution in [0.2, 0.25) is 0 Å². The third kappa shape index (κ3) is 3.09. The van der Waals surface area contributed by atoms with E-state index in [1.54, 1.807) is 19.2 Å². The van der Waals surface area contributed by atoms with Gasteiger partial charge in [0.25, 0.3) is 5.56 Å². The van der Waals surface area contributed by atoms with Crippen LogP contribution in [0.3, 0.4) is 0 Å². The Morgan fingerprint density at radius 1 is 1.52 bits per heavy atom. The van der Waals surface area contributed by atoms with Crippen molar-refractivity contribution in [3.63, 3.8) is 0 Å². The summed E-state index contributed by atoms with van der Waals surface area (Å²) < 4.78 is 2.11. The standard InChI is InChI=1S/C16H14BrN3O2S/c1-9-5-10(17)7-20(16(9)22)8-14(21)19-15-12(6-18)11-3-2-4-13(11)23-15/h5,7H,2-4,8H2,1H3,(H,19,21). The third-order valence-corrected chi connectivity index (χ3v) is 5.47. The van der Waals surface area contributed by atoms with Crippen molar-refractivity contribution >= 4 is 38.2 Å². The van der Waals surface area contributed by atoms with Gasteiger partial charge in [-0.3, -0.25) is 9.59 Å². The number of hydrogen-bond donors (Lipinski definition) is 1. The Balaban J connectivity index is 1.82. The molecule has 0 aromatic carbocycles. The summed E-state index contributed by atoms with van der Waals surface area (Å²) in [4.78, 5) is 25.5. The van der Waals surface area contributed by atoms with Crippen LogP contribution in [0.5, 0.6) is 0 Å². The third-order valence-electron chi connectivity index (χ3n) is 3.83. The molecule has 23 heavy (non-hydrogen) atoms. The lowest BCUT2D eigenvalue weighted by Crippen LogP contribution is -2.28. The molecule has 3 rings (SSSR count). The predicted molar refractivity (Wildman–Crippen MR) is 92.8 cm³/mol. The quantitative estimate of drug-likeness (QED) is 0.873. The van der Waals surface area contributed by atoms with Gasteiger partial charge in [0.15, 0.2) is 0 Å². The Kier molecular flexibility index (Phi) is 4.37. The molecule has 0 saturated heterocycles. The van der Waals surface area contributed by atoms with Crippen molar-refractivity contribution in [1.29, 1.82) is 5.26 Å². The smallest absolute Gasteiger partial charge is 0.253 e. The SMILES string of the molecule is Cc1cc(Br)cn(CC(=O)Nc2sc3c(c2C#N)CCC3)c1=O. The number of halogens is 1. The van der Waals surface area contributed by atoms with E-state index in [0.717, 1.165) is 29.3 Å². The Morgan fingerprint density at radius 3 is 3.04 bits per heavy atom. The number of amides is 1. The molecular formula is C16H14BrN3O2S. The molecule has 0 saturated carbocycles. The van der Waals surface area contributed by atoms with Gasteiger partial charge in [-0.15, -0.1) is 11.3 Å². The molecule has 0 bridgehead atoms. The minimum absolute atomic E-state index is 0.0768. The Labute approximate surface area is 145 Å². The lowest BCUT2D eigenvalue weighted by Gasteiger charge is -2.08. The molecule has 2 heterocycles. The van der Waals surface area contributed by atoms with Crippen molar-refractivity contribution in [2.45, 2.75) is 32.7 Å². The van der Waals surface area contributed by atoms with Crippen molar-refractivity contribution in [3.05, 3.63) is 48.7 Å². The minimum Gasteiger partial charge on any atom is -0.315 e. The molecule has 7 heteroatoms. The molecule has 118 valence electrons. The number of nitriles is 1. The Hall–Kier alpha value is -1.91. The lowest BCUT2D eigenvalue weighted by molar-refractivity contribution is -0.116. The summed E-state index contributed by atoms with van der Waals surface area (Å²) >= 11 is 4.80. The van der Waals surface area contributed by atoms with Crippen LogP contribution < -0.4 is 10.9 Å². The van der Waals surface area contributed by atoms with Crippen molar-refractivity contribution in [2.24, 2.45) is 0 Å². The summed E-state index contributed by atoms with van der Waals surface area (Å²) in [5.74, 6) is -0.305. The highest BCUT2D eigenvalue weighted by Crippen LogP contribution is 2.38. The molecule has 2 aromatic heterocycles. The molecule has 0 radical (unpaired) electrons. The van der Waals surface area contributed by atoms with Crippen LogP contribution in [0.25, 0.3) is 0 Å². The highest BCUT2D eigenvalue weighted by atomic mass is 79.9. The molecule has 0 aliphatic heterocycles. The van der Waals surface area contributed by atoms with Crippen LogP contribution in [-0.2, 0) is 24.2 Å². The van der Waals surface area contributed by atoms with E-state index >= 15 is 0 Å². The number of carbonyl (C=O) groups excluding carboxylic acids is 1. The average molecular weight is 392 g/mol. The molecule has 1 amide bonds. The summed E-state index contributed by atoms with van der Waals surface area (Å²) in [7, 11) is 0. The van der Waals surface area contributed by atoms with Gasteiger partial charge in [0.2, 0.25) is 5.91 Å². The molecule has 5 nitrogen and oxygen atoms in total. The number of nitrogens with zero attached hydrogens (tertiary/aromatic N) is 2. The van der Waals surface area contributed by atoms with Gasteiger partial charge in [0.1, 0.15) is 17.6 Å². The molecule has 0 spiro atoms. The number of rotatable bonds is 3. The van der Waals surface area contributed by atoms with Gasteiger partial charge in [-0.1, -0.05) is 0 Å². The van der Waals surface area contributed by atoms with E-state index in [0.29, 0.717) is 16.1 Å². The summed E-state index contributed by atoms with van der Waals surface area (Å²) in [5.41, 5.74) is 2.02. The molecule has 0 atom stereocenters. The van der Waals surface area contributed by atoms with Gasteiger partial charge in [-0.05, 0) is 53.7 Å². The lowest BCUT2D eigenvalue weighted by atomic mass is 10.1. The van der Waals surface area contributed by atoms with E-state index in [1.165, 1.54) is 20.8 Å². The second-order valence-electron chi connectivity index (χ2n) is 5.50. The molecule has 1 aliphatic carbocycles. The summed E-state index contributed by atoms with van der Waals surface area (Å²) in [6.07, 6.45) is 4.52. The maximum atomic E-state index is 12.3. The first kappa shape index (κ1) is 16.0. The Bertz CT molecular complexity index is 892. The van der Waals surface area contributed by atoms with E-state index < -0.39 is 0 Å². The van der Waals surface area contributed by atoms with E-state index in [9.17, 15) is 14.9 Å². The fourth-order valence-electron chi connectivity index (χ4n) is 2.79. The van der Waals surface area contributed by atoms with Crippen molar-refractivity contribution < 1.29 is 4.79 Å². The largest absolute Gasteiger partial charge is 0.315 e. The first-order chi connectivity index (χ1) is 11.0. The van der Waals surface area contributed by atoms with Gasteiger partial charge in [-0.25, -0.2) is 0 Å². The zero-order valence-electron chi connectivity index (χ0n) is 12.5. The number of aromatic nitrogens is 1. The van der Waals surface area contributed by atoms with Gasteiger partial charge in [0.05, 0.1) is 5.56 Å². The monoisotopic (exact) mass is 391 g/mol. The molecule has 0 unspecified atom stereocenters. The normalized spacial score (nSPS) is 12.7. The van der Waals surface area contributed by atoms with E-state index in [-0.39, 0.29) is 18.0 Å². The zero-order chi connectivity index (χ0) is 16.6. The second kappa shape index (κ2) is 6.30. The van der Waals surface area contributed by atoms with Crippen LogP contribution in [0, 0.1) is 18.3 Å². The maximum absolute atomic E-state index is 12.3. The molecule has 0 fully saturated rings. The molecule has 1 N–H and O–H groups in total. The summed E-state index contributed by atoms with van der Waals surface area (Å²) in [5, 5.41) is 12.7. The van der Waals surface area contributed by atoms with Gasteiger partial charge in [0, 0.05) is 21.1 Å². The second-order valence-corrected chi connectivity index (χ2v) is 7.52. The van der Waals surface area contributed by atoms with Crippen molar-refractivity contribution in [1.82, 2.24) is 4.57 Å². The Morgan fingerprint density at radius 2 is 2.30 bits per heavy atom. The summed E-state index contributed by atoms with van der Waals surface area (Å²) in [6.45, 7) is 1.63. The number of anilines is 1. The molecule has 1 aliphatic rings. The molecular weight excluding hydrogens is 378 g/mol. The number of carbonyl (C=O) groups is 1. The van der Waals surface area contributed by atoms with E-state index in [4.69, 9.17) is 0 Å². The first-order valence-corrected chi connectivity index (χ1v) is 8.81. The number of nitrogens with one attached hydrogen (secondary N) is 1. The fraction of sp³-hybridized carbons (Fsp3) is 0.312. The minimum atomic E-state index is -0.305. The van der Waals surface area contributed by atoms with Crippen LogP contribution >= 0.6 is 27.3 Å². The number of thiophene rings is 1. The van der Waals surface area contributed by atoms with Crippen LogP contribution in [0.15, 0.2) is 21.5 Å². The summed E-state index contributed by atoms with van der Waals surface area (Å²) in [6, 6.07) is 3.91. The molecule has 2 aromatic rings. The van der Waals surface area contributed by atoms with Crippen LogP contribution in [0.4, 0.5) is 5.00 Å². The van der Waals surface area contributed by atoms with Gasteiger partial charge >= 0.3 is 0 Å². The average Bonchev–Trinajstić information content (AvgIpc) is 3.04. The number of aryl methyl sites for hydroxylation is 2. The van der Waals surface area contributed by atoms with Crippen molar-refractivity contribution in [3.8, 4) is 6.07 Å². The van der Waals surface area contributed by atoms with Gasteiger partial charge in [-0.2, -0.15) is 5.26 Å². The van der Waals surface area contributed by atoms with Crippen LogP contribution in [-0.4, -0.2) is 10.5 Å². The van der Waals surface area contributed by atoms with E-state index in [2.05, 4.69) is 27.3 Å². The number of fused-ring (bicyclic) bond motifs is 1. The first-order valence-electron chi connectivity index (χ1n) is 7.20. The number of hydrogen-bond acceptors (Lipinski definition) is 4. The highest BCUT2D eigenvalue weighted by Gasteiger charge is 2.23. The zero-order valence-corrected chi connectivity index (χ0v) is 14.9. The fourth-order valence-corrected chi connectivity index (χ4v) is 4.64. The van der Waals surface area contributed by atoms with Crippen LogP contribution in [0.1, 0.15) is 28.0 Å². The predicted octanol–water partition coefficient (Wildman–Crippen LogP) is 2.98.